The number of aromatic nitrogens is 1. The van der Waals surface area contributed by atoms with Crippen molar-refractivity contribution in [1.82, 2.24) is 4.98 Å². The maximum atomic E-state index is 13.2. The van der Waals surface area contributed by atoms with E-state index in [1.165, 1.54) is 26.1 Å². The zero-order chi connectivity index (χ0) is 16.9. The van der Waals surface area contributed by atoms with E-state index in [4.69, 9.17) is 11.1 Å². The molecule has 0 spiro atoms. The van der Waals surface area contributed by atoms with E-state index >= 15 is 0 Å². The molecule has 4 N–H and O–H groups in total. The second-order valence-electron chi connectivity index (χ2n) is 4.14. The fraction of sp³-hybridized carbons (Fsp3) is 0.308. The average Bonchev–Trinajstić information content (AvgIpc) is 2.42. The summed E-state index contributed by atoms with van der Waals surface area (Å²) in [7, 11) is 0. The number of carbonyl (C=O) groups is 1. The van der Waals surface area contributed by atoms with Gasteiger partial charge in [0.25, 0.3) is 0 Å². The van der Waals surface area contributed by atoms with Gasteiger partial charge in [-0.05, 0) is 19.9 Å². The van der Waals surface area contributed by atoms with Gasteiger partial charge >= 0.3 is 12.1 Å². The van der Waals surface area contributed by atoms with E-state index in [-0.39, 0.29) is 23.7 Å². The average molecular weight is 316 g/mol. The molecule has 0 aliphatic carbocycles. The van der Waals surface area contributed by atoms with Crippen LogP contribution in [0.25, 0.3) is 0 Å². The number of nitrogen functional groups attached to an aromatic ring is 1. The third-order valence-corrected chi connectivity index (χ3v) is 2.70. The number of allylic oxidation sites excluding steroid dienone is 1. The molecule has 120 valence electrons. The molecule has 0 bridgehead atoms. The first-order valence-corrected chi connectivity index (χ1v) is 6.19. The van der Waals surface area contributed by atoms with Crippen LogP contribution in [-0.2, 0) is 9.53 Å². The minimum atomic E-state index is -4.88. The molecule has 0 aliphatic rings. The molecular formula is C13H15F3N4O2. The molecule has 1 aromatic heterocycles. The summed E-state index contributed by atoms with van der Waals surface area (Å²) < 4.78 is 44.1. The molecule has 1 aromatic rings. The number of rotatable bonds is 5. The molecule has 0 radical (unpaired) electrons. The highest BCUT2D eigenvalue weighted by atomic mass is 19.4. The first-order chi connectivity index (χ1) is 10.2. The molecule has 1 rings (SSSR count). The molecule has 9 heteroatoms. The molecule has 6 nitrogen and oxygen atoms in total. The van der Waals surface area contributed by atoms with Gasteiger partial charge in [0.2, 0.25) is 0 Å². The van der Waals surface area contributed by atoms with Crippen molar-refractivity contribution in [1.29, 1.82) is 5.41 Å². The number of halogens is 3. The molecule has 0 aliphatic heterocycles. The Labute approximate surface area is 124 Å². The Morgan fingerprint density at radius 2 is 2.18 bits per heavy atom. The van der Waals surface area contributed by atoms with Gasteiger partial charge in [0.1, 0.15) is 17.1 Å². The Kier molecular flexibility index (Phi) is 5.50. The van der Waals surface area contributed by atoms with Crippen molar-refractivity contribution in [2.75, 3.05) is 17.7 Å². The van der Waals surface area contributed by atoms with Gasteiger partial charge in [-0.1, -0.05) is 0 Å². The van der Waals surface area contributed by atoms with Crippen molar-refractivity contribution in [2.24, 2.45) is 0 Å². The SMILES string of the molecule is CCOC(=O)/C(C=N)=C(/Nc1ccnc(N)c1C)C(F)(F)F. The van der Waals surface area contributed by atoms with Crippen LogP contribution in [0.15, 0.2) is 23.5 Å². The fourth-order valence-electron chi connectivity index (χ4n) is 1.55. The third kappa shape index (κ3) is 3.96. The molecule has 0 unspecified atom stereocenters. The minimum absolute atomic E-state index is 0.0310. The first kappa shape index (κ1) is 17.5. The topological polar surface area (TPSA) is 101 Å². The second kappa shape index (κ2) is 6.92. The maximum Gasteiger partial charge on any atom is 0.432 e. The van der Waals surface area contributed by atoms with Gasteiger partial charge in [-0.2, -0.15) is 13.2 Å². The number of alkyl halides is 3. The summed E-state index contributed by atoms with van der Waals surface area (Å²) in [6, 6.07) is 1.28. The van der Waals surface area contributed by atoms with Crippen molar-refractivity contribution >= 4 is 23.7 Å². The molecule has 0 saturated carbocycles. The molecule has 1 heterocycles. The standard InChI is InChI=1S/C13H15F3N4O2/c1-3-22-12(21)8(6-17)10(13(14,15)16)20-9-4-5-19-11(18)7(9)2/h4-6,17H,3H2,1-2H3,(H3,18,19,20)/b10-8+,17-6?. The smallest absolute Gasteiger partial charge is 0.432 e. The highest BCUT2D eigenvalue weighted by Gasteiger charge is 2.39. The van der Waals surface area contributed by atoms with Crippen molar-refractivity contribution in [3.63, 3.8) is 0 Å². The van der Waals surface area contributed by atoms with Crippen LogP contribution in [0.2, 0.25) is 0 Å². The van der Waals surface area contributed by atoms with Crippen LogP contribution in [0.5, 0.6) is 0 Å². The monoisotopic (exact) mass is 316 g/mol. The predicted octanol–water partition coefficient (Wildman–Crippen LogP) is 2.41. The number of ether oxygens (including phenoxy) is 1. The van der Waals surface area contributed by atoms with E-state index in [9.17, 15) is 18.0 Å². The fourth-order valence-corrected chi connectivity index (χ4v) is 1.55. The van der Waals surface area contributed by atoms with Gasteiger partial charge in [0, 0.05) is 23.7 Å². The number of hydrogen-bond donors (Lipinski definition) is 3. The van der Waals surface area contributed by atoms with Gasteiger partial charge in [0.05, 0.1) is 6.61 Å². The summed E-state index contributed by atoms with van der Waals surface area (Å²) in [4.78, 5) is 15.3. The Morgan fingerprint density at radius 1 is 1.55 bits per heavy atom. The Bertz CT molecular complexity index is 612. The molecular weight excluding hydrogens is 301 g/mol. The van der Waals surface area contributed by atoms with E-state index in [2.05, 4.69) is 15.0 Å². The van der Waals surface area contributed by atoms with Crippen LogP contribution in [-0.4, -0.2) is 30.0 Å². The Balaban J connectivity index is 3.38. The van der Waals surface area contributed by atoms with E-state index in [1.807, 2.05) is 0 Å². The summed E-state index contributed by atoms with van der Waals surface area (Å²) in [5.74, 6) is -1.18. The second-order valence-corrected chi connectivity index (χ2v) is 4.14. The summed E-state index contributed by atoms with van der Waals surface area (Å²) in [5, 5.41) is 9.18. The van der Waals surface area contributed by atoms with Gasteiger partial charge in [-0.15, -0.1) is 0 Å². The van der Waals surface area contributed by atoms with Crippen LogP contribution < -0.4 is 11.1 Å². The van der Waals surface area contributed by atoms with Crippen molar-refractivity contribution in [2.45, 2.75) is 20.0 Å². The molecule has 0 amide bonds. The number of carbonyl (C=O) groups excluding carboxylic acids is 1. The Hall–Kier alpha value is -2.58. The lowest BCUT2D eigenvalue weighted by Crippen LogP contribution is -2.26. The number of anilines is 2. The minimum Gasteiger partial charge on any atom is -0.462 e. The van der Waals surface area contributed by atoms with E-state index in [0.717, 1.165) is 0 Å². The van der Waals surface area contributed by atoms with Gasteiger partial charge < -0.3 is 21.2 Å². The predicted molar refractivity (Wildman–Crippen MR) is 75.5 cm³/mol. The van der Waals surface area contributed by atoms with Crippen LogP contribution in [0.1, 0.15) is 12.5 Å². The number of esters is 1. The zero-order valence-electron chi connectivity index (χ0n) is 11.9. The van der Waals surface area contributed by atoms with Gasteiger partial charge in [-0.25, -0.2) is 9.78 Å². The van der Waals surface area contributed by atoms with E-state index in [0.29, 0.717) is 6.21 Å². The van der Waals surface area contributed by atoms with Crippen LogP contribution >= 0.6 is 0 Å². The normalized spacial score (nSPS) is 12.4. The van der Waals surface area contributed by atoms with Crippen LogP contribution in [0.4, 0.5) is 24.7 Å². The molecule has 0 aromatic carbocycles. The van der Waals surface area contributed by atoms with E-state index in [1.54, 1.807) is 0 Å². The van der Waals surface area contributed by atoms with Crippen LogP contribution in [0.3, 0.4) is 0 Å². The summed E-state index contributed by atoms with van der Waals surface area (Å²) >= 11 is 0. The van der Waals surface area contributed by atoms with E-state index < -0.39 is 23.4 Å². The number of nitrogens with zero attached hydrogens (tertiary/aromatic N) is 1. The highest BCUT2D eigenvalue weighted by molar-refractivity contribution is 6.10. The van der Waals surface area contributed by atoms with Crippen LogP contribution in [0, 0.1) is 12.3 Å². The summed E-state index contributed by atoms with van der Waals surface area (Å²) in [6.07, 6.45) is -3.36. The zero-order valence-corrected chi connectivity index (χ0v) is 11.9. The molecule has 22 heavy (non-hydrogen) atoms. The largest absolute Gasteiger partial charge is 0.462 e. The lowest BCUT2D eigenvalue weighted by Gasteiger charge is -2.18. The van der Waals surface area contributed by atoms with Crippen molar-refractivity contribution in [3.05, 3.63) is 29.1 Å². The number of nitrogens with one attached hydrogen (secondary N) is 2. The maximum absolute atomic E-state index is 13.2. The quantitative estimate of drug-likeness (QED) is 0.440. The van der Waals surface area contributed by atoms with Crippen molar-refractivity contribution < 1.29 is 22.7 Å². The molecule has 0 fully saturated rings. The molecule has 0 atom stereocenters. The lowest BCUT2D eigenvalue weighted by molar-refractivity contribution is -0.139. The van der Waals surface area contributed by atoms with Gasteiger partial charge in [0.15, 0.2) is 0 Å². The third-order valence-electron chi connectivity index (χ3n) is 2.70. The first-order valence-electron chi connectivity index (χ1n) is 6.19. The number of nitrogens with two attached hydrogens (primary N) is 1. The van der Waals surface area contributed by atoms with Crippen molar-refractivity contribution in [3.8, 4) is 0 Å². The number of pyridine rings is 1. The molecule has 0 saturated heterocycles. The Morgan fingerprint density at radius 3 is 2.68 bits per heavy atom. The summed E-state index contributed by atoms with van der Waals surface area (Å²) in [5.41, 5.74) is 3.54. The highest BCUT2D eigenvalue weighted by Crippen LogP contribution is 2.31. The lowest BCUT2D eigenvalue weighted by atomic mass is 10.1. The summed E-state index contributed by atoms with van der Waals surface area (Å²) in [6.45, 7) is 2.82. The van der Waals surface area contributed by atoms with Gasteiger partial charge in [-0.3, -0.25) is 0 Å². The number of hydrogen-bond acceptors (Lipinski definition) is 6.